The molecule has 0 aliphatic heterocycles. The van der Waals surface area contributed by atoms with E-state index < -0.39 is 6.10 Å². The van der Waals surface area contributed by atoms with Gasteiger partial charge in [0.2, 0.25) is 5.91 Å². The van der Waals surface area contributed by atoms with E-state index in [1.807, 2.05) is 24.3 Å². The summed E-state index contributed by atoms with van der Waals surface area (Å²) in [5.41, 5.74) is 1.10. The Morgan fingerprint density at radius 1 is 1.53 bits per heavy atom. The third kappa shape index (κ3) is 6.29. The van der Waals surface area contributed by atoms with Gasteiger partial charge in [-0.1, -0.05) is 23.7 Å². The first-order valence-electron chi connectivity index (χ1n) is 5.77. The third-order valence-corrected chi connectivity index (χ3v) is 2.65. The van der Waals surface area contributed by atoms with E-state index in [4.69, 9.17) is 16.7 Å². The summed E-state index contributed by atoms with van der Waals surface area (Å²) in [5, 5.41) is 12.6. The van der Waals surface area contributed by atoms with E-state index in [2.05, 4.69) is 5.32 Å². The standard InChI is InChI=1S/C13H18ClNO2/c1-10(16)5-6-13(17)15-8-7-11-3-2-4-12(14)9-11/h2-4,9-10,16H,5-8H2,1H3,(H,15,17). The van der Waals surface area contributed by atoms with E-state index in [9.17, 15) is 4.79 Å². The summed E-state index contributed by atoms with van der Waals surface area (Å²) in [7, 11) is 0. The van der Waals surface area contributed by atoms with Crippen molar-refractivity contribution in [2.24, 2.45) is 0 Å². The number of rotatable bonds is 6. The van der Waals surface area contributed by atoms with E-state index in [1.165, 1.54) is 0 Å². The van der Waals surface area contributed by atoms with Crippen molar-refractivity contribution in [1.82, 2.24) is 5.32 Å². The first-order valence-corrected chi connectivity index (χ1v) is 6.15. The first-order chi connectivity index (χ1) is 8.08. The summed E-state index contributed by atoms with van der Waals surface area (Å²) in [5.74, 6) is -0.0204. The molecule has 17 heavy (non-hydrogen) atoms. The predicted molar refractivity (Wildman–Crippen MR) is 69.1 cm³/mol. The quantitative estimate of drug-likeness (QED) is 0.819. The van der Waals surface area contributed by atoms with Gasteiger partial charge in [-0.25, -0.2) is 0 Å². The van der Waals surface area contributed by atoms with Crippen LogP contribution in [0.2, 0.25) is 5.02 Å². The number of halogens is 1. The zero-order valence-electron chi connectivity index (χ0n) is 9.95. The molecule has 1 atom stereocenters. The molecule has 1 amide bonds. The van der Waals surface area contributed by atoms with Crippen molar-refractivity contribution in [3.63, 3.8) is 0 Å². The molecule has 0 heterocycles. The number of hydrogen-bond donors (Lipinski definition) is 2. The van der Waals surface area contributed by atoms with Gasteiger partial charge in [0, 0.05) is 18.0 Å². The Morgan fingerprint density at radius 2 is 2.29 bits per heavy atom. The molecule has 0 fully saturated rings. The number of benzene rings is 1. The minimum absolute atomic E-state index is 0.0204. The molecule has 4 heteroatoms. The van der Waals surface area contributed by atoms with Gasteiger partial charge in [-0.2, -0.15) is 0 Å². The molecule has 0 bridgehead atoms. The number of hydrogen-bond acceptors (Lipinski definition) is 2. The molecular weight excluding hydrogens is 238 g/mol. The van der Waals surface area contributed by atoms with Gasteiger partial charge in [-0.15, -0.1) is 0 Å². The molecule has 0 aromatic heterocycles. The van der Waals surface area contributed by atoms with E-state index in [-0.39, 0.29) is 5.91 Å². The second-order valence-corrected chi connectivity index (χ2v) is 4.55. The number of carbonyl (C=O) groups excluding carboxylic acids is 1. The van der Waals surface area contributed by atoms with Crippen molar-refractivity contribution in [1.29, 1.82) is 0 Å². The maximum Gasteiger partial charge on any atom is 0.220 e. The fraction of sp³-hybridized carbons (Fsp3) is 0.462. The van der Waals surface area contributed by atoms with Gasteiger partial charge in [0.1, 0.15) is 0 Å². The molecule has 1 aromatic carbocycles. The summed E-state index contributed by atoms with van der Waals surface area (Å²) < 4.78 is 0. The summed E-state index contributed by atoms with van der Waals surface area (Å²) in [6.07, 6.45) is 1.21. The SMILES string of the molecule is CC(O)CCC(=O)NCCc1cccc(Cl)c1. The van der Waals surface area contributed by atoms with Crippen LogP contribution in [0.4, 0.5) is 0 Å². The van der Waals surface area contributed by atoms with Crippen molar-refractivity contribution in [3.05, 3.63) is 34.9 Å². The lowest BCUT2D eigenvalue weighted by atomic mass is 10.1. The van der Waals surface area contributed by atoms with Gasteiger partial charge in [0.05, 0.1) is 6.10 Å². The smallest absolute Gasteiger partial charge is 0.220 e. The van der Waals surface area contributed by atoms with Gasteiger partial charge < -0.3 is 10.4 Å². The van der Waals surface area contributed by atoms with Crippen LogP contribution in [0.5, 0.6) is 0 Å². The number of carbonyl (C=O) groups is 1. The monoisotopic (exact) mass is 255 g/mol. The van der Waals surface area contributed by atoms with Gasteiger partial charge in [-0.3, -0.25) is 4.79 Å². The minimum Gasteiger partial charge on any atom is -0.393 e. The van der Waals surface area contributed by atoms with Crippen molar-refractivity contribution in [3.8, 4) is 0 Å². The highest BCUT2D eigenvalue weighted by atomic mass is 35.5. The Morgan fingerprint density at radius 3 is 2.94 bits per heavy atom. The molecule has 1 aromatic rings. The van der Waals surface area contributed by atoms with E-state index in [0.29, 0.717) is 24.4 Å². The lowest BCUT2D eigenvalue weighted by Crippen LogP contribution is -2.26. The molecule has 0 saturated carbocycles. The summed E-state index contributed by atoms with van der Waals surface area (Å²) in [4.78, 5) is 11.4. The molecular formula is C13H18ClNO2. The second-order valence-electron chi connectivity index (χ2n) is 4.12. The van der Waals surface area contributed by atoms with Crippen LogP contribution in [0.1, 0.15) is 25.3 Å². The van der Waals surface area contributed by atoms with Crippen LogP contribution in [0, 0.1) is 0 Å². The Balaban J connectivity index is 2.21. The molecule has 1 unspecified atom stereocenters. The van der Waals surface area contributed by atoms with Gasteiger partial charge in [0.15, 0.2) is 0 Å². The number of aliphatic hydroxyl groups excluding tert-OH is 1. The Hall–Kier alpha value is -1.06. The molecule has 94 valence electrons. The first kappa shape index (κ1) is 14.0. The van der Waals surface area contributed by atoms with Crippen molar-refractivity contribution < 1.29 is 9.90 Å². The maximum absolute atomic E-state index is 11.4. The largest absolute Gasteiger partial charge is 0.393 e. The Bertz CT molecular complexity index is 366. The van der Waals surface area contributed by atoms with Crippen LogP contribution in [0.25, 0.3) is 0 Å². The van der Waals surface area contributed by atoms with Crippen LogP contribution in [-0.4, -0.2) is 23.7 Å². The van der Waals surface area contributed by atoms with Gasteiger partial charge in [-0.05, 0) is 37.5 Å². The average Bonchev–Trinajstić information content (AvgIpc) is 2.26. The fourth-order valence-corrected chi connectivity index (χ4v) is 1.68. The number of aliphatic hydroxyl groups is 1. The van der Waals surface area contributed by atoms with E-state index in [0.717, 1.165) is 12.0 Å². The summed E-state index contributed by atoms with van der Waals surface area (Å²) in [6.45, 7) is 2.28. The fourth-order valence-electron chi connectivity index (χ4n) is 1.47. The Labute approximate surface area is 107 Å². The molecule has 0 aliphatic rings. The Kier molecular flexibility index (Phi) is 6.01. The van der Waals surface area contributed by atoms with Gasteiger partial charge >= 0.3 is 0 Å². The zero-order chi connectivity index (χ0) is 12.7. The molecule has 0 radical (unpaired) electrons. The van der Waals surface area contributed by atoms with Crippen molar-refractivity contribution >= 4 is 17.5 Å². The zero-order valence-corrected chi connectivity index (χ0v) is 10.7. The predicted octanol–water partition coefficient (Wildman–Crippen LogP) is 2.16. The molecule has 1 rings (SSSR count). The maximum atomic E-state index is 11.4. The molecule has 2 N–H and O–H groups in total. The van der Waals surface area contributed by atoms with Gasteiger partial charge in [0.25, 0.3) is 0 Å². The van der Waals surface area contributed by atoms with Crippen LogP contribution in [-0.2, 0) is 11.2 Å². The second kappa shape index (κ2) is 7.30. The third-order valence-electron chi connectivity index (χ3n) is 2.41. The van der Waals surface area contributed by atoms with E-state index >= 15 is 0 Å². The normalized spacial score (nSPS) is 12.2. The minimum atomic E-state index is -0.423. The summed E-state index contributed by atoms with van der Waals surface area (Å²) >= 11 is 5.86. The van der Waals surface area contributed by atoms with Crippen LogP contribution < -0.4 is 5.32 Å². The highest BCUT2D eigenvalue weighted by molar-refractivity contribution is 6.30. The highest BCUT2D eigenvalue weighted by Gasteiger charge is 2.03. The van der Waals surface area contributed by atoms with Crippen molar-refractivity contribution in [2.45, 2.75) is 32.3 Å². The molecule has 0 spiro atoms. The molecule has 0 saturated heterocycles. The lowest BCUT2D eigenvalue weighted by molar-refractivity contribution is -0.121. The number of amides is 1. The highest BCUT2D eigenvalue weighted by Crippen LogP contribution is 2.10. The van der Waals surface area contributed by atoms with Crippen LogP contribution >= 0.6 is 11.6 Å². The van der Waals surface area contributed by atoms with Crippen molar-refractivity contribution in [2.75, 3.05) is 6.54 Å². The van der Waals surface area contributed by atoms with Crippen LogP contribution in [0.3, 0.4) is 0 Å². The topological polar surface area (TPSA) is 49.3 Å². The molecule has 3 nitrogen and oxygen atoms in total. The summed E-state index contributed by atoms with van der Waals surface area (Å²) in [6, 6.07) is 7.59. The van der Waals surface area contributed by atoms with Crippen LogP contribution in [0.15, 0.2) is 24.3 Å². The average molecular weight is 256 g/mol. The number of nitrogens with one attached hydrogen (secondary N) is 1. The van der Waals surface area contributed by atoms with E-state index in [1.54, 1.807) is 6.92 Å². The molecule has 0 aliphatic carbocycles. The lowest BCUT2D eigenvalue weighted by Gasteiger charge is -2.06.